The van der Waals surface area contributed by atoms with Gasteiger partial charge < -0.3 is 10.6 Å². The number of carbonyl (C=O) groups excluding carboxylic acids is 2. The Kier molecular flexibility index (Phi) is 5.71. The zero-order valence-corrected chi connectivity index (χ0v) is 15.4. The summed E-state index contributed by atoms with van der Waals surface area (Å²) in [5, 5.41) is 3.29. The summed E-state index contributed by atoms with van der Waals surface area (Å²) < 4.78 is 0. The van der Waals surface area contributed by atoms with Crippen molar-refractivity contribution in [1.29, 1.82) is 0 Å². The Bertz CT molecular complexity index is 760. The van der Waals surface area contributed by atoms with E-state index in [-0.39, 0.29) is 11.8 Å². The number of hydrogen-bond donors (Lipinski definition) is 1. The van der Waals surface area contributed by atoms with E-state index in [4.69, 9.17) is 17.3 Å². The topological polar surface area (TPSA) is 76.3 Å². The minimum absolute atomic E-state index is 0.0414. The highest BCUT2D eigenvalue weighted by Gasteiger charge is 2.26. The van der Waals surface area contributed by atoms with Crippen LogP contribution < -0.4 is 5.73 Å². The van der Waals surface area contributed by atoms with Crippen LogP contribution in [0, 0.1) is 5.92 Å². The molecule has 3 rings (SSSR count). The van der Waals surface area contributed by atoms with Crippen LogP contribution in [0.3, 0.4) is 0 Å². The van der Waals surface area contributed by atoms with Gasteiger partial charge in [-0.2, -0.15) is 0 Å². The highest BCUT2D eigenvalue weighted by Crippen LogP contribution is 2.27. The van der Waals surface area contributed by atoms with E-state index in [2.05, 4.69) is 4.98 Å². The molecule has 1 saturated heterocycles. The number of hydrogen-bond acceptors (Lipinski definition) is 4. The molecule has 1 aromatic heterocycles. The number of nitrogens with zero attached hydrogens (tertiary/aromatic N) is 2. The first-order chi connectivity index (χ1) is 12.0. The van der Waals surface area contributed by atoms with Gasteiger partial charge in [0, 0.05) is 35.5 Å². The molecule has 1 aromatic carbocycles. The second-order valence-electron chi connectivity index (χ2n) is 6.31. The van der Waals surface area contributed by atoms with Crippen molar-refractivity contribution >= 4 is 34.8 Å². The average molecular weight is 378 g/mol. The van der Waals surface area contributed by atoms with E-state index in [9.17, 15) is 9.59 Å². The summed E-state index contributed by atoms with van der Waals surface area (Å²) in [4.78, 5) is 30.0. The number of primary amides is 1. The molecule has 1 aliphatic heterocycles. The van der Waals surface area contributed by atoms with Gasteiger partial charge in [0.25, 0.3) is 5.91 Å². The van der Waals surface area contributed by atoms with Gasteiger partial charge >= 0.3 is 0 Å². The average Bonchev–Trinajstić information content (AvgIpc) is 3.10. The van der Waals surface area contributed by atoms with Crippen molar-refractivity contribution in [2.24, 2.45) is 11.7 Å². The first kappa shape index (κ1) is 17.9. The lowest BCUT2D eigenvalue weighted by atomic mass is 9.93. The predicted octanol–water partition coefficient (Wildman–Crippen LogP) is 3.58. The van der Waals surface area contributed by atoms with E-state index in [1.54, 1.807) is 5.38 Å². The van der Waals surface area contributed by atoms with Crippen molar-refractivity contribution < 1.29 is 9.59 Å². The normalized spacial score (nSPS) is 17.5. The third-order valence-electron chi connectivity index (χ3n) is 4.42. The molecule has 25 heavy (non-hydrogen) atoms. The van der Waals surface area contributed by atoms with Crippen LogP contribution in [0.25, 0.3) is 10.6 Å². The molecule has 0 aliphatic carbocycles. The van der Waals surface area contributed by atoms with Crippen LogP contribution in [-0.4, -0.2) is 34.8 Å². The van der Waals surface area contributed by atoms with Crippen LogP contribution in [0.15, 0.2) is 29.6 Å². The van der Waals surface area contributed by atoms with Crippen molar-refractivity contribution in [2.75, 3.05) is 13.1 Å². The molecule has 0 bridgehead atoms. The first-order valence-corrected chi connectivity index (χ1v) is 9.57. The predicted molar refractivity (Wildman–Crippen MR) is 99.6 cm³/mol. The molecular formula is C18H20ClN3O2S. The fourth-order valence-electron chi connectivity index (χ4n) is 3.09. The Morgan fingerprint density at radius 2 is 2.08 bits per heavy atom. The van der Waals surface area contributed by atoms with Gasteiger partial charge in [0.15, 0.2) is 0 Å². The third kappa shape index (κ3) is 4.58. The summed E-state index contributed by atoms with van der Waals surface area (Å²) in [6.45, 7) is 1.40. The molecule has 1 unspecified atom stereocenters. The van der Waals surface area contributed by atoms with E-state index in [0.29, 0.717) is 29.6 Å². The van der Waals surface area contributed by atoms with Crippen LogP contribution in [0.1, 0.15) is 36.2 Å². The zero-order valence-electron chi connectivity index (χ0n) is 13.8. The molecule has 1 atom stereocenters. The molecule has 2 amide bonds. The van der Waals surface area contributed by atoms with Crippen LogP contribution in [0.2, 0.25) is 5.02 Å². The maximum absolute atomic E-state index is 12.7. The van der Waals surface area contributed by atoms with Crippen LogP contribution in [-0.2, 0) is 4.79 Å². The number of halogens is 1. The minimum Gasteiger partial charge on any atom is -0.370 e. The molecular weight excluding hydrogens is 358 g/mol. The molecule has 2 N–H and O–H groups in total. The molecule has 0 radical (unpaired) electrons. The molecule has 1 aliphatic rings. The Hall–Kier alpha value is -1.92. The summed E-state index contributed by atoms with van der Waals surface area (Å²) in [5.74, 6) is 0.00960. The lowest BCUT2D eigenvalue weighted by molar-refractivity contribution is -0.118. The van der Waals surface area contributed by atoms with Gasteiger partial charge in [-0.05, 0) is 37.3 Å². The summed E-state index contributed by atoms with van der Waals surface area (Å²) in [5.41, 5.74) is 6.65. The lowest BCUT2D eigenvalue weighted by Gasteiger charge is -2.32. The Labute approximate surface area is 155 Å². The Balaban J connectivity index is 1.66. The van der Waals surface area contributed by atoms with E-state index in [1.165, 1.54) is 11.3 Å². The van der Waals surface area contributed by atoms with Crippen LogP contribution in [0.4, 0.5) is 0 Å². The zero-order chi connectivity index (χ0) is 17.8. The van der Waals surface area contributed by atoms with Gasteiger partial charge in [0.1, 0.15) is 10.7 Å². The van der Waals surface area contributed by atoms with Crippen molar-refractivity contribution in [3.05, 3.63) is 40.4 Å². The lowest BCUT2D eigenvalue weighted by Crippen LogP contribution is -2.40. The number of amides is 2. The van der Waals surface area contributed by atoms with Gasteiger partial charge in [-0.3, -0.25) is 9.59 Å². The molecule has 1 fully saturated rings. The molecule has 5 nitrogen and oxygen atoms in total. The van der Waals surface area contributed by atoms with Gasteiger partial charge in [0.05, 0.1) is 0 Å². The number of benzene rings is 1. The quantitative estimate of drug-likeness (QED) is 0.865. The summed E-state index contributed by atoms with van der Waals surface area (Å²) in [7, 11) is 0. The summed E-state index contributed by atoms with van der Waals surface area (Å²) >= 11 is 7.36. The number of nitrogens with two attached hydrogens (primary N) is 1. The fourth-order valence-corrected chi connectivity index (χ4v) is 4.02. The summed E-state index contributed by atoms with van der Waals surface area (Å²) in [6.07, 6.45) is 3.10. The third-order valence-corrected chi connectivity index (χ3v) is 5.56. The SMILES string of the molecule is NC(=O)CCC1CCCN(C(=O)c2csc(-c3ccc(Cl)cc3)n2)C1. The number of piperidine rings is 1. The Morgan fingerprint density at radius 1 is 1.32 bits per heavy atom. The number of thiazole rings is 1. The second-order valence-corrected chi connectivity index (χ2v) is 7.60. The van der Waals surface area contributed by atoms with Gasteiger partial charge in [-0.15, -0.1) is 11.3 Å². The van der Waals surface area contributed by atoms with Crippen molar-refractivity contribution in [1.82, 2.24) is 9.88 Å². The van der Waals surface area contributed by atoms with Crippen LogP contribution >= 0.6 is 22.9 Å². The number of likely N-dealkylation sites (tertiary alicyclic amines) is 1. The molecule has 0 spiro atoms. The maximum Gasteiger partial charge on any atom is 0.273 e. The molecule has 2 heterocycles. The molecule has 2 aromatic rings. The highest BCUT2D eigenvalue weighted by atomic mass is 35.5. The second kappa shape index (κ2) is 7.97. The van der Waals surface area contributed by atoms with Gasteiger partial charge in [-0.25, -0.2) is 4.98 Å². The van der Waals surface area contributed by atoms with Crippen LogP contribution in [0.5, 0.6) is 0 Å². The van der Waals surface area contributed by atoms with Crippen molar-refractivity contribution in [2.45, 2.75) is 25.7 Å². The van der Waals surface area contributed by atoms with E-state index < -0.39 is 0 Å². The van der Waals surface area contributed by atoms with E-state index in [1.807, 2.05) is 29.2 Å². The van der Waals surface area contributed by atoms with Crippen molar-refractivity contribution in [3.8, 4) is 10.6 Å². The first-order valence-electron chi connectivity index (χ1n) is 8.32. The molecule has 0 saturated carbocycles. The van der Waals surface area contributed by atoms with Gasteiger partial charge in [-0.1, -0.05) is 23.7 Å². The molecule has 132 valence electrons. The number of aromatic nitrogens is 1. The minimum atomic E-state index is -0.282. The summed E-state index contributed by atoms with van der Waals surface area (Å²) in [6, 6.07) is 7.42. The highest BCUT2D eigenvalue weighted by molar-refractivity contribution is 7.13. The standard InChI is InChI=1S/C18H20ClN3O2S/c19-14-6-4-13(5-7-14)17-21-15(11-25-17)18(24)22-9-1-2-12(10-22)3-8-16(20)23/h4-7,11-12H,1-3,8-10H2,(H2,20,23). The van der Waals surface area contributed by atoms with E-state index >= 15 is 0 Å². The Morgan fingerprint density at radius 3 is 2.80 bits per heavy atom. The molecule has 7 heteroatoms. The van der Waals surface area contributed by atoms with E-state index in [0.717, 1.165) is 36.4 Å². The smallest absolute Gasteiger partial charge is 0.273 e. The van der Waals surface area contributed by atoms with Gasteiger partial charge in [0.2, 0.25) is 5.91 Å². The van der Waals surface area contributed by atoms with Crippen molar-refractivity contribution in [3.63, 3.8) is 0 Å². The number of carbonyl (C=O) groups is 2. The maximum atomic E-state index is 12.7. The monoisotopic (exact) mass is 377 g/mol. The largest absolute Gasteiger partial charge is 0.370 e. The fraction of sp³-hybridized carbons (Fsp3) is 0.389. The number of rotatable bonds is 5.